The highest BCUT2D eigenvalue weighted by molar-refractivity contribution is 7.71. The lowest BCUT2D eigenvalue weighted by molar-refractivity contribution is 0.601. The van der Waals surface area contributed by atoms with Crippen LogP contribution < -0.4 is 5.56 Å². The molecule has 1 aliphatic carbocycles. The molecule has 4 aromatic rings. The van der Waals surface area contributed by atoms with Crippen LogP contribution in [0.3, 0.4) is 0 Å². The molecule has 3 aromatic heterocycles. The number of nitrogens with one attached hydrogen (secondary N) is 1. The molecule has 25 heavy (non-hydrogen) atoms. The first-order chi connectivity index (χ1) is 12.2. The standard InChI is InChI=1S/C18H16N4OS2/c1-10-6-5-9-12-13(10)14-15(23)21(11-7-3-2-4-8-11)17-19-20-18(24)22(17)16(14)25-12/h2-4,7-8,10H,5-6,9H2,1H3,(H,20,24)/t10-/m1/s1. The number of para-hydroxylation sites is 1. The number of hydrogen-bond donors (Lipinski definition) is 1. The normalized spacial score (nSPS) is 17.2. The lowest BCUT2D eigenvalue weighted by Crippen LogP contribution is -2.22. The van der Waals surface area contributed by atoms with Gasteiger partial charge in [0.15, 0.2) is 0 Å². The summed E-state index contributed by atoms with van der Waals surface area (Å²) in [4.78, 5) is 15.7. The third kappa shape index (κ3) is 2.02. The van der Waals surface area contributed by atoms with E-state index in [2.05, 4.69) is 17.1 Å². The van der Waals surface area contributed by atoms with E-state index in [1.807, 2.05) is 34.7 Å². The van der Waals surface area contributed by atoms with Gasteiger partial charge in [-0.05, 0) is 55.1 Å². The van der Waals surface area contributed by atoms with Crippen molar-refractivity contribution < 1.29 is 0 Å². The number of rotatable bonds is 1. The Morgan fingerprint density at radius 2 is 2.12 bits per heavy atom. The van der Waals surface area contributed by atoms with Gasteiger partial charge in [0.25, 0.3) is 5.56 Å². The minimum Gasteiger partial charge on any atom is -0.268 e. The predicted molar refractivity (Wildman–Crippen MR) is 103 cm³/mol. The second kappa shape index (κ2) is 5.37. The Labute approximate surface area is 152 Å². The fraction of sp³-hybridized carbons (Fsp3) is 0.278. The molecule has 5 rings (SSSR count). The molecule has 0 bridgehead atoms. The SMILES string of the molecule is C[C@@H]1CCCc2sc3c(c21)c(=O)n(-c1ccccc1)c1n[nH]c(=S)n31. The maximum atomic E-state index is 13.5. The van der Waals surface area contributed by atoms with Crippen molar-refractivity contribution >= 4 is 39.5 Å². The Hall–Kier alpha value is -2.25. The molecule has 0 unspecified atom stereocenters. The van der Waals surface area contributed by atoms with Crippen LogP contribution >= 0.6 is 23.6 Å². The van der Waals surface area contributed by atoms with Gasteiger partial charge in [0.2, 0.25) is 10.5 Å². The van der Waals surface area contributed by atoms with Crippen LogP contribution in [0.4, 0.5) is 0 Å². The van der Waals surface area contributed by atoms with E-state index in [0.29, 0.717) is 16.5 Å². The quantitative estimate of drug-likeness (QED) is 0.512. The van der Waals surface area contributed by atoms with Crippen molar-refractivity contribution in [2.24, 2.45) is 0 Å². The summed E-state index contributed by atoms with van der Waals surface area (Å²) >= 11 is 7.17. The molecular formula is C18H16N4OS2. The van der Waals surface area contributed by atoms with Crippen LogP contribution in [-0.2, 0) is 6.42 Å². The highest BCUT2D eigenvalue weighted by Gasteiger charge is 2.27. The molecule has 0 saturated carbocycles. The van der Waals surface area contributed by atoms with Crippen LogP contribution in [0.1, 0.15) is 36.1 Å². The van der Waals surface area contributed by atoms with E-state index in [1.54, 1.807) is 15.9 Å². The number of aromatic nitrogens is 4. The van der Waals surface area contributed by atoms with Gasteiger partial charge in [0.1, 0.15) is 4.83 Å². The Kier molecular flexibility index (Phi) is 3.23. The maximum Gasteiger partial charge on any atom is 0.268 e. The van der Waals surface area contributed by atoms with Gasteiger partial charge < -0.3 is 0 Å². The molecule has 7 heteroatoms. The molecule has 0 saturated heterocycles. The summed E-state index contributed by atoms with van der Waals surface area (Å²) in [6.45, 7) is 2.22. The summed E-state index contributed by atoms with van der Waals surface area (Å²) in [5.74, 6) is 0.938. The minimum atomic E-state index is -0.00560. The third-order valence-corrected chi connectivity index (χ3v) is 6.55. The first-order valence-corrected chi connectivity index (χ1v) is 9.62. The summed E-state index contributed by atoms with van der Waals surface area (Å²) in [5, 5.41) is 8.01. The van der Waals surface area contributed by atoms with E-state index in [1.165, 1.54) is 16.9 Å². The first kappa shape index (κ1) is 15.0. The Morgan fingerprint density at radius 3 is 2.92 bits per heavy atom. The Balaban J connectivity index is 2.04. The summed E-state index contributed by atoms with van der Waals surface area (Å²) in [6.07, 6.45) is 3.34. The number of fused-ring (bicyclic) bond motifs is 5. The van der Waals surface area contributed by atoms with Crippen molar-refractivity contribution in [3.05, 3.63) is 55.9 Å². The van der Waals surface area contributed by atoms with Gasteiger partial charge >= 0.3 is 0 Å². The summed E-state index contributed by atoms with van der Waals surface area (Å²) in [7, 11) is 0. The molecule has 0 aliphatic heterocycles. The molecular weight excluding hydrogens is 352 g/mol. The van der Waals surface area contributed by atoms with Gasteiger partial charge in [-0.1, -0.05) is 25.1 Å². The number of aromatic amines is 1. The molecule has 1 aromatic carbocycles. The smallest absolute Gasteiger partial charge is 0.268 e. The average Bonchev–Trinajstić information content (AvgIpc) is 3.18. The maximum absolute atomic E-state index is 13.5. The largest absolute Gasteiger partial charge is 0.268 e. The second-order valence-electron chi connectivity index (χ2n) is 6.55. The molecule has 0 fully saturated rings. The highest BCUT2D eigenvalue weighted by atomic mass is 32.1. The van der Waals surface area contributed by atoms with Crippen LogP contribution in [0, 0.1) is 4.77 Å². The molecule has 1 aliphatic rings. The molecule has 0 amide bonds. The molecule has 1 atom stereocenters. The van der Waals surface area contributed by atoms with E-state index < -0.39 is 0 Å². The van der Waals surface area contributed by atoms with Gasteiger partial charge in [0, 0.05) is 4.88 Å². The summed E-state index contributed by atoms with van der Waals surface area (Å²) < 4.78 is 4.11. The minimum absolute atomic E-state index is 0.00560. The zero-order chi connectivity index (χ0) is 17.1. The van der Waals surface area contributed by atoms with Gasteiger partial charge in [0.05, 0.1) is 11.1 Å². The predicted octanol–water partition coefficient (Wildman–Crippen LogP) is 4.20. The van der Waals surface area contributed by atoms with Crippen molar-refractivity contribution in [2.45, 2.75) is 32.1 Å². The lowest BCUT2D eigenvalue weighted by Gasteiger charge is -2.18. The van der Waals surface area contributed by atoms with E-state index in [4.69, 9.17) is 12.2 Å². The summed E-state index contributed by atoms with van der Waals surface area (Å²) in [5.41, 5.74) is 2.01. The summed E-state index contributed by atoms with van der Waals surface area (Å²) in [6, 6.07) is 9.64. The Bertz CT molecular complexity index is 1230. The third-order valence-electron chi connectivity index (χ3n) is 5.03. The monoisotopic (exact) mass is 368 g/mol. The number of H-pyrrole nitrogens is 1. The second-order valence-corrected chi connectivity index (χ2v) is 8.02. The molecule has 1 N–H and O–H groups in total. The van der Waals surface area contributed by atoms with Crippen molar-refractivity contribution in [1.29, 1.82) is 0 Å². The zero-order valence-corrected chi connectivity index (χ0v) is 15.3. The van der Waals surface area contributed by atoms with Gasteiger partial charge in [-0.3, -0.25) is 4.79 Å². The van der Waals surface area contributed by atoms with E-state index >= 15 is 0 Å². The van der Waals surface area contributed by atoms with Gasteiger partial charge in [-0.15, -0.1) is 16.4 Å². The van der Waals surface area contributed by atoms with Crippen LogP contribution in [0.15, 0.2) is 35.1 Å². The van der Waals surface area contributed by atoms with Crippen molar-refractivity contribution in [2.75, 3.05) is 0 Å². The number of aryl methyl sites for hydroxylation is 1. The number of benzene rings is 1. The van der Waals surface area contributed by atoms with Crippen LogP contribution in [0.5, 0.6) is 0 Å². The number of thiophene rings is 1. The lowest BCUT2D eigenvalue weighted by atomic mass is 9.88. The fourth-order valence-corrected chi connectivity index (χ4v) is 5.63. The van der Waals surface area contributed by atoms with Crippen molar-refractivity contribution in [3.8, 4) is 5.69 Å². The molecule has 0 spiro atoms. The van der Waals surface area contributed by atoms with Gasteiger partial charge in [-0.25, -0.2) is 14.1 Å². The first-order valence-electron chi connectivity index (χ1n) is 8.39. The van der Waals surface area contributed by atoms with E-state index in [9.17, 15) is 4.79 Å². The topological polar surface area (TPSA) is 55.1 Å². The van der Waals surface area contributed by atoms with Gasteiger partial charge in [-0.2, -0.15) is 0 Å². The van der Waals surface area contributed by atoms with Crippen LogP contribution in [0.25, 0.3) is 21.7 Å². The fourth-order valence-electron chi connectivity index (χ4n) is 3.90. The van der Waals surface area contributed by atoms with Crippen LogP contribution in [0.2, 0.25) is 0 Å². The van der Waals surface area contributed by atoms with Crippen molar-refractivity contribution in [3.63, 3.8) is 0 Å². The molecule has 126 valence electrons. The number of hydrogen-bond acceptors (Lipinski definition) is 4. The molecule has 5 nitrogen and oxygen atoms in total. The molecule has 3 heterocycles. The van der Waals surface area contributed by atoms with E-state index in [-0.39, 0.29) is 5.56 Å². The Morgan fingerprint density at radius 1 is 1.32 bits per heavy atom. The van der Waals surface area contributed by atoms with Crippen LogP contribution in [-0.4, -0.2) is 19.2 Å². The molecule has 0 radical (unpaired) electrons. The zero-order valence-electron chi connectivity index (χ0n) is 13.7. The van der Waals surface area contributed by atoms with Crippen molar-refractivity contribution in [1.82, 2.24) is 19.2 Å². The average molecular weight is 368 g/mol. The highest BCUT2D eigenvalue weighted by Crippen LogP contribution is 2.41. The number of nitrogens with zero attached hydrogens (tertiary/aromatic N) is 3. The van der Waals surface area contributed by atoms with E-state index in [0.717, 1.165) is 28.7 Å².